The normalized spacial score (nSPS) is 11.5. The molecule has 2 N–H and O–H groups in total. The Morgan fingerprint density at radius 3 is 2.46 bits per heavy atom. The number of amides is 1. The summed E-state index contributed by atoms with van der Waals surface area (Å²) in [5, 5.41) is 6.06. The molecule has 0 bridgehead atoms. The van der Waals surface area contributed by atoms with E-state index in [1.807, 2.05) is 49.4 Å². The lowest BCUT2D eigenvalue weighted by atomic mass is 10.1. The maximum Gasteiger partial charge on any atom is 0.251 e. The van der Waals surface area contributed by atoms with Crippen molar-refractivity contribution < 1.29 is 13.9 Å². The van der Waals surface area contributed by atoms with E-state index >= 15 is 0 Å². The highest BCUT2D eigenvalue weighted by Gasteiger charge is 2.22. The standard InChI is InChI=1S/C23H23FN2O2/c1-3-28-21-12-8-7-11-20(21)26-23(27)22(17-9-5-4-6-10-17)25-18-14-13-16(2)19(24)15-18/h4-15,22,25H,3H2,1-2H3,(H,26,27)/t22-/m1/s1. The number of halogens is 1. The van der Waals surface area contributed by atoms with Crippen molar-refractivity contribution in [1.82, 2.24) is 0 Å². The van der Waals surface area contributed by atoms with E-state index in [0.717, 1.165) is 5.56 Å². The van der Waals surface area contributed by atoms with Crippen LogP contribution in [0.5, 0.6) is 5.75 Å². The van der Waals surface area contributed by atoms with Crippen LogP contribution in [0.3, 0.4) is 0 Å². The largest absolute Gasteiger partial charge is 0.492 e. The second kappa shape index (κ2) is 9.04. The third-order valence-corrected chi connectivity index (χ3v) is 4.32. The zero-order valence-corrected chi connectivity index (χ0v) is 15.9. The van der Waals surface area contributed by atoms with E-state index < -0.39 is 6.04 Å². The molecule has 0 heterocycles. The Hall–Kier alpha value is -3.34. The summed E-state index contributed by atoms with van der Waals surface area (Å²) in [7, 11) is 0. The van der Waals surface area contributed by atoms with Crippen molar-refractivity contribution >= 4 is 17.3 Å². The first kappa shape index (κ1) is 19.4. The first-order valence-electron chi connectivity index (χ1n) is 9.19. The van der Waals surface area contributed by atoms with Gasteiger partial charge in [0.2, 0.25) is 0 Å². The lowest BCUT2D eigenvalue weighted by Crippen LogP contribution is -2.27. The summed E-state index contributed by atoms with van der Waals surface area (Å²) in [5.41, 5.74) is 2.45. The topological polar surface area (TPSA) is 50.4 Å². The van der Waals surface area contributed by atoms with Gasteiger partial charge in [0.1, 0.15) is 17.6 Å². The molecule has 0 spiro atoms. The number of benzene rings is 3. The van der Waals surface area contributed by atoms with Crippen LogP contribution in [-0.4, -0.2) is 12.5 Å². The van der Waals surface area contributed by atoms with E-state index in [4.69, 9.17) is 4.74 Å². The highest BCUT2D eigenvalue weighted by molar-refractivity contribution is 5.98. The molecule has 0 aliphatic rings. The zero-order valence-electron chi connectivity index (χ0n) is 15.9. The van der Waals surface area contributed by atoms with Gasteiger partial charge in [0.15, 0.2) is 0 Å². The maximum absolute atomic E-state index is 14.0. The molecule has 0 fully saturated rings. The van der Waals surface area contributed by atoms with E-state index in [1.165, 1.54) is 6.07 Å². The van der Waals surface area contributed by atoms with Crippen LogP contribution in [0.4, 0.5) is 15.8 Å². The SMILES string of the molecule is CCOc1ccccc1NC(=O)[C@H](Nc1ccc(C)c(F)c1)c1ccccc1. The van der Waals surface area contributed by atoms with Gasteiger partial charge < -0.3 is 15.4 Å². The quantitative estimate of drug-likeness (QED) is 0.585. The molecule has 3 rings (SSSR count). The molecule has 1 atom stereocenters. The molecule has 3 aromatic rings. The average molecular weight is 378 g/mol. The molecule has 3 aromatic carbocycles. The van der Waals surface area contributed by atoms with Crippen molar-refractivity contribution in [3.05, 3.63) is 89.7 Å². The molecule has 144 valence electrons. The fraction of sp³-hybridized carbons (Fsp3) is 0.174. The minimum Gasteiger partial charge on any atom is -0.492 e. The third kappa shape index (κ3) is 4.68. The predicted molar refractivity (Wildman–Crippen MR) is 110 cm³/mol. The monoisotopic (exact) mass is 378 g/mol. The van der Waals surface area contributed by atoms with Gasteiger partial charge in [0.05, 0.1) is 12.3 Å². The summed E-state index contributed by atoms with van der Waals surface area (Å²) in [6.07, 6.45) is 0. The summed E-state index contributed by atoms with van der Waals surface area (Å²) < 4.78 is 19.5. The number of rotatable bonds is 7. The van der Waals surface area contributed by atoms with Crippen molar-refractivity contribution in [2.75, 3.05) is 17.2 Å². The number of anilines is 2. The van der Waals surface area contributed by atoms with E-state index in [1.54, 1.807) is 31.2 Å². The summed E-state index contributed by atoms with van der Waals surface area (Å²) in [6.45, 7) is 4.08. The second-order valence-electron chi connectivity index (χ2n) is 6.37. The molecular weight excluding hydrogens is 355 g/mol. The number of carbonyl (C=O) groups is 1. The minimum absolute atomic E-state index is 0.265. The molecule has 0 aliphatic carbocycles. The number of nitrogens with one attached hydrogen (secondary N) is 2. The Balaban J connectivity index is 1.88. The van der Waals surface area contributed by atoms with Crippen LogP contribution in [0, 0.1) is 12.7 Å². The Labute approximate surface area is 164 Å². The van der Waals surface area contributed by atoms with Gasteiger partial charge >= 0.3 is 0 Å². The smallest absolute Gasteiger partial charge is 0.251 e. The molecule has 0 aromatic heterocycles. The first-order valence-corrected chi connectivity index (χ1v) is 9.19. The molecule has 5 heteroatoms. The number of carbonyl (C=O) groups excluding carboxylic acids is 1. The van der Waals surface area contributed by atoms with Crippen LogP contribution in [0.25, 0.3) is 0 Å². The van der Waals surface area contributed by atoms with Crippen LogP contribution in [0.2, 0.25) is 0 Å². The number of ether oxygens (including phenoxy) is 1. The van der Waals surface area contributed by atoms with Gasteiger partial charge in [-0.25, -0.2) is 4.39 Å². The van der Waals surface area contributed by atoms with Crippen molar-refractivity contribution in [3.63, 3.8) is 0 Å². The van der Waals surface area contributed by atoms with Gasteiger partial charge in [-0.15, -0.1) is 0 Å². The van der Waals surface area contributed by atoms with Gasteiger partial charge in [-0.1, -0.05) is 48.5 Å². The Bertz CT molecular complexity index is 944. The molecule has 0 unspecified atom stereocenters. The Kier molecular flexibility index (Phi) is 6.27. The highest BCUT2D eigenvalue weighted by atomic mass is 19.1. The molecule has 1 amide bonds. The molecule has 0 aliphatic heterocycles. The van der Waals surface area contributed by atoms with Crippen molar-refractivity contribution in [2.24, 2.45) is 0 Å². The van der Waals surface area contributed by atoms with Gasteiger partial charge in [-0.2, -0.15) is 0 Å². The highest BCUT2D eigenvalue weighted by Crippen LogP contribution is 2.27. The van der Waals surface area contributed by atoms with E-state index in [0.29, 0.717) is 29.3 Å². The van der Waals surface area contributed by atoms with Crippen molar-refractivity contribution in [3.8, 4) is 5.75 Å². The molecular formula is C23H23FN2O2. The Morgan fingerprint density at radius 1 is 1.04 bits per heavy atom. The zero-order chi connectivity index (χ0) is 19.9. The summed E-state index contributed by atoms with van der Waals surface area (Å²) >= 11 is 0. The summed E-state index contributed by atoms with van der Waals surface area (Å²) in [4.78, 5) is 13.1. The fourth-order valence-corrected chi connectivity index (χ4v) is 2.85. The minimum atomic E-state index is -0.696. The predicted octanol–water partition coefficient (Wildman–Crippen LogP) is 5.32. The van der Waals surface area contributed by atoms with Crippen molar-refractivity contribution in [2.45, 2.75) is 19.9 Å². The number of hydrogen-bond acceptors (Lipinski definition) is 3. The van der Waals surface area contributed by atoms with Gasteiger partial charge in [-0.3, -0.25) is 4.79 Å². The average Bonchev–Trinajstić information content (AvgIpc) is 2.71. The van der Waals surface area contributed by atoms with E-state index in [-0.39, 0.29) is 11.7 Å². The summed E-state index contributed by atoms with van der Waals surface area (Å²) in [5.74, 6) is 0.0183. The third-order valence-electron chi connectivity index (χ3n) is 4.32. The van der Waals surface area contributed by atoms with Crippen LogP contribution in [-0.2, 0) is 4.79 Å². The molecule has 4 nitrogen and oxygen atoms in total. The van der Waals surface area contributed by atoms with Crippen LogP contribution < -0.4 is 15.4 Å². The van der Waals surface area contributed by atoms with Crippen LogP contribution in [0.1, 0.15) is 24.1 Å². The van der Waals surface area contributed by atoms with E-state index in [9.17, 15) is 9.18 Å². The molecule has 0 radical (unpaired) electrons. The van der Waals surface area contributed by atoms with Gasteiger partial charge in [-0.05, 0) is 49.2 Å². The first-order chi connectivity index (χ1) is 13.6. The fourth-order valence-electron chi connectivity index (χ4n) is 2.85. The number of hydrogen-bond donors (Lipinski definition) is 2. The Morgan fingerprint density at radius 2 is 1.75 bits per heavy atom. The van der Waals surface area contributed by atoms with Crippen molar-refractivity contribution in [1.29, 1.82) is 0 Å². The number of aryl methyl sites for hydroxylation is 1. The second-order valence-corrected chi connectivity index (χ2v) is 6.37. The molecule has 0 saturated heterocycles. The maximum atomic E-state index is 14.0. The summed E-state index contributed by atoms with van der Waals surface area (Å²) in [6, 6.07) is 20.7. The van der Waals surface area contributed by atoms with E-state index in [2.05, 4.69) is 10.6 Å². The van der Waals surface area contributed by atoms with Crippen LogP contribution >= 0.6 is 0 Å². The number of para-hydroxylation sites is 2. The molecule has 28 heavy (non-hydrogen) atoms. The molecule has 0 saturated carbocycles. The lowest BCUT2D eigenvalue weighted by molar-refractivity contribution is -0.117. The lowest BCUT2D eigenvalue weighted by Gasteiger charge is -2.21. The van der Waals surface area contributed by atoms with Gasteiger partial charge in [0.25, 0.3) is 5.91 Å². The van der Waals surface area contributed by atoms with Gasteiger partial charge in [0, 0.05) is 5.69 Å². The van der Waals surface area contributed by atoms with Crippen LogP contribution in [0.15, 0.2) is 72.8 Å².